The predicted molar refractivity (Wildman–Crippen MR) is 121 cm³/mol. The number of methoxy groups -OCH3 is 1. The molecule has 3 N–H and O–H groups in total. The minimum absolute atomic E-state index is 0. The molecule has 0 aliphatic rings. The van der Waals surface area contributed by atoms with Crippen LogP contribution in [-0.2, 0) is 16.4 Å². The van der Waals surface area contributed by atoms with E-state index in [9.17, 15) is 8.42 Å². The lowest BCUT2D eigenvalue weighted by atomic mass is 10.1. The van der Waals surface area contributed by atoms with Crippen molar-refractivity contribution >= 4 is 34.0 Å². The second-order valence-electron chi connectivity index (χ2n) is 6.44. The largest absolute Gasteiger partial charge is 0.494 e. The molecule has 0 radical (unpaired) electrons. The maximum absolute atomic E-state index is 11.8. The van der Waals surface area contributed by atoms with Crippen molar-refractivity contribution in [3.63, 3.8) is 0 Å². The first kappa shape index (κ1) is 26.3. The highest BCUT2D eigenvalue weighted by Crippen LogP contribution is 2.33. The van der Waals surface area contributed by atoms with Gasteiger partial charge in [-0.25, -0.2) is 13.6 Å². The molecule has 0 heterocycles. The zero-order valence-corrected chi connectivity index (χ0v) is 19.6. The van der Waals surface area contributed by atoms with E-state index in [2.05, 4.69) is 5.32 Å². The summed E-state index contributed by atoms with van der Waals surface area (Å²) < 4.78 is 40.0. The summed E-state index contributed by atoms with van der Waals surface area (Å²) in [6.07, 6.45) is 0.557. The van der Waals surface area contributed by atoms with Gasteiger partial charge in [-0.05, 0) is 50.1 Å². The Balaban J connectivity index is 0.00000450. The second-order valence-corrected chi connectivity index (χ2v) is 8.38. The Bertz CT molecular complexity index is 925. The zero-order valence-electron chi connectivity index (χ0n) is 17.2. The lowest BCUT2D eigenvalue weighted by Crippen LogP contribution is -2.32. The fraction of sp³-hybridized carbons (Fsp3) is 0.400. The van der Waals surface area contributed by atoms with E-state index < -0.39 is 10.0 Å². The number of benzene rings is 2. The number of para-hydroxylation sites is 2. The van der Waals surface area contributed by atoms with Crippen molar-refractivity contribution in [3.8, 4) is 17.2 Å². The molecule has 0 aliphatic heterocycles. The molecular formula is C20H28Cl2N2O5S. The molecule has 0 amide bonds. The van der Waals surface area contributed by atoms with Crippen LogP contribution in [0.1, 0.15) is 19.4 Å². The van der Waals surface area contributed by atoms with Crippen molar-refractivity contribution in [2.45, 2.75) is 31.2 Å². The molecule has 2 aromatic carbocycles. The van der Waals surface area contributed by atoms with Gasteiger partial charge in [0, 0.05) is 12.6 Å². The minimum Gasteiger partial charge on any atom is -0.494 e. The lowest BCUT2D eigenvalue weighted by Gasteiger charge is -2.17. The van der Waals surface area contributed by atoms with Gasteiger partial charge in [0.05, 0.1) is 18.7 Å². The number of halogens is 2. The molecule has 168 valence electrons. The molecule has 2 rings (SSSR count). The van der Waals surface area contributed by atoms with E-state index in [-0.39, 0.29) is 34.1 Å². The summed E-state index contributed by atoms with van der Waals surface area (Å²) >= 11 is 6.16. The fourth-order valence-electron chi connectivity index (χ4n) is 2.89. The summed E-state index contributed by atoms with van der Waals surface area (Å²) in [6, 6.07) is 10.8. The highest BCUT2D eigenvalue weighted by molar-refractivity contribution is 7.89. The van der Waals surface area contributed by atoms with E-state index in [0.29, 0.717) is 37.7 Å². The lowest BCUT2D eigenvalue weighted by molar-refractivity contribution is 0.272. The highest BCUT2D eigenvalue weighted by Gasteiger charge is 2.20. The van der Waals surface area contributed by atoms with E-state index in [0.717, 1.165) is 5.56 Å². The van der Waals surface area contributed by atoms with Gasteiger partial charge in [-0.1, -0.05) is 23.7 Å². The monoisotopic (exact) mass is 478 g/mol. The summed E-state index contributed by atoms with van der Waals surface area (Å²) in [6.45, 7) is 5.55. The van der Waals surface area contributed by atoms with Gasteiger partial charge in [0.25, 0.3) is 0 Å². The third-order valence-corrected chi connectivity index (χ3v) is 5.32. The number of sulfonamides is 1. The van der Waals surface area contributed by atoms with Crippen LogP contribution >= 0.6 is 24.0 Å². The average Bonchev–Trinajstić information content (AvgIpc) is 2.65. The predicted octanol–water partition coefficient (Wildman–Crippen LogP) is 3.42. The average molecular weight is 479 g/mol. The third kappa shape index (κ3) is 7.52. The van der Waals surface area contributed by atoms with Crippen LogP contribution in [0.3, 0.4) is 0 Å². The smallest absolute Gasteiger partial charge is 0.241 e. The molecule has 0 spiro atoms. The first-order valence-corrected chi connectivity index (χ1v) is 11.2. The van der Waals surface area contributed by atoms with Crippen molar-refractivity contribution in [2.24, 2.45) is 5.14 Å². The molecule has 0 bridgehead atoms. The summed E-state index contributed by atoms with van der Waals surface area (Å²) in [7, 11) is -2.60. The summed E-state index contributed by atoms with van der Waals surface area (Å²) in [5.41, 5.74) is 0.738. The molecule has 0 fully saturated rings. The van der Waals surface area contributed by atoms with Crippen LogP contribution in [0.2, 0.25) is 5.02 Å². The van der Waals surface area contributed by atoms with Crippen LogP contribution in [0.5, 0.6) is 17.2 Å². The minimum atomic E-state index is -3.95. The Hall–Kier alpha value is -1.71. The molecule has 1 atom stereocenters. The molecule has 30 heavy (non-hydrogen) atoms. The van der Waals surface area contributed by atoms with Gasteiger partial charge >= 0.3 is 0 Å². The van der Waals surface area contributed by atoms with Crippen molar-refractivity contribution in [3.05, 3.63) is 47.0 Å². The first-order valence-electron chi connectivity index (χ1n) is 9.23. The van der Waals surface area contributed by atoms with E-state index in [1.807, 2.05) is 38.1 Å². The molecule has 0 aromatic heterocycles. The van der Waals surface area contributed by atoms with Gasteiger partial charge in [0.2, 0.25) is 10.0 Å². The number of primary sulfonamides is 1. The van der Waals surface area contributed by atoms with Crippen molar-refractivity contribution in [1.29, 1.82) is 0 Å². The SMILES string of the molecule is CCOc1ccccc1OCCN[C@H](C)Cc1cc(Cl)c(OC)c(S(N)(=O)=O)c1.Cl. The van der Waals surface area contributed by atoms with E-state index >= 15 is 0 Å². The van der Waals surface area contributed by atoms with Crippen molar-refractivity contribution in [2.75, 3.05) is 26.9 Å². The molecular weight excluding hydrogens is 451 g/mol. The molecule has 0 aliphatic carbocycles. The van der Waals surface area contributed by atoms with Gasteiger partial charge in [-0.2, -0.15) is 0 Å². The zero-order chi connectivity index (χ0) is 21.4. The number of hydrogen-bond acceptors (Lipinski definition) is 6. The molecule has 0 saturated carbocycles. The van der Waals surface area contributed by atoms with E-state index in [4.69, 9.17) is 31.0 Å². The highest BCUT2D eigenvalue weighted by atomic mass is 35.5. The molecule has 0 unspecified atom stereocenters. The van der Waals surface area contributed by atoms with Crippen molar-refractivity contribution < 1.29 is 22.6 Å². The Kier molecular flexibility index (Phi) is 10.7. The third-order valence-electron chi connectivity index (χ3n) is 4.12. The topological polar surface area (TPSA) is 99.9 Å². The van der Waals surface area contributed by atoms with E-state index in [1.165, 1.54) is 13.2 Å². The summed E-state index contributed by atoms with van der Waals surface area (Å²) in [4.78, 5) is -0.120. The Morgan fingerprint density at radius 3 is 2.37 bits per heavy atom. The van der Waals surface area contributed by atoms with Gasteiger partial charge < -0.3 is 19.5 Å². The van der Waals surface area contributed by atoms with Crippen molar-refractivity contribution in [1.82, 2.24) is 5.32 Å². The van der Waals surface area contributed by atoms with Crippen LogP contribution in [0.25, 0.3) is 0 Å². The number of rotatable bonds is 11. The Morgan fingerprint density at radius 2 is 1.80 bits per heavy atom. The quantitative estimate of drug-likeness (QED) is 0.479. The normalized spacial score (nSPS) is 12.0. The second kappa shape index (κ2) is 12.2. The number of hydrogen-bond donors (Lipinski definition) is 2. The number of nitrogens with two attached hydrogens (primary N) is 1. The summed E-state index contributed by atoms with van der Waals surface area (Å²) in [5.74, 6) is 1.47. The van der Waals surface area contributed by atoms with Gasteiger partial charge in [0.15, 0.2) is 17.2 Å². The molecule has 10 heteroatoms. The van der Waals surface area contributed by atoms with Crippen LogP contribution in [0.4, 0.5) is 0 Å². The Labute approximate surface area is 189 Å². The van der Waals surface area contributed by atoms with E-state index in [1.54, 1.807) is 6.07 Å². The Morgan fingerprint density at radius 1 is 1.17 bits per heavy atom. The molecule has 2 aromatic rings. The molecule has 7 nitrogen and oxygen atoms in total. The molecule has 0 saturated heterocycles. The standard InChI is InChI=1S/C20H27ClN2O5S.ClH/c1-4-27-17-7-5-6-8-18(17)28-10-9-23-14(2)11-15-12-16(21)20(26-3)19(13-15)29(22,24)25;/h5-8,12-14,23H,4,9-11H2,1-3H3,(H2,22,24,25);1H/t14-;/m1./s1. The van der Waals surface area contributed by atoms with Gasteiger partial charge in [-0.15, -0.1) is 12.4 Å². The number of ether oxygens (including phenoxy) is 3. The maximum atomic E-state index is 11.8. The van der Waals surface area contributed by atoms with Crippen LogP contribution in [0, 0.1) is 0 Å². The van der Waals surface area contributed by atoms with Crippen LogP contribution < -0.4 is 24.7 Å². The van der Waals surface area contributed by atoms with Crippen LogP contribution in [-0.4, -0.2) is 41.3 Å². The van der Waals surface area contributed by atoms with Gasteiger partial charge in [0.1, 0.15) is 11.5 Å². The van der Waals surface area contributed by atoms with Gasteiger partial charge in [-0.3, -0.25) is 0 Å². The van der Waals surface area contributed by atoms with Crippen LogP contribution in [0.15, 0.2) is 41.3 Å². The summed E-state index contributed by atoms with van der Waals surface area (Å²) in [5, 5.41) is 8.82. The first-order chi connectivity index (χ1) is 13.8. The number of nitrogens with one attached hydrogen (secondary N) is 1. The maximum Gasteiger partial charge on any atom is 0.241 e. The fourth-order valence-corrected chi connectivity index (χ4v) is 4.03.